The fraction of sp³-hybridized carbons (Fsp3) is 0.333. The number of hydrogen-bond donors (Lipinski definition) is 2. The number of amides is 2. The van der Waals surface area contributed by atoms with Crippen LogP contribution >= 0.6 is 0 Å². The zero-order valence-electron chi connectivity index (χ0n) is 15.5. The molecule has 0 aliphatic heterocycles. The number of nitrogens with two attached hydrogens (primary N) is 1. The van der Waals surface area contributed by atoms with Crippen molar-refractivity contribution < 1.29 is 14.3 Å². The van der Waals surface area contributed by atoms with Crippen molar-refractivity contribution in [2.45, 2.75) is 33.2 Å². The van der Waals surface area contributed by atoms with Gasteiger partial charge in [0, 0.05) is 5.56 Å². The number of carbonyl (C=O) groups is 2. The number of aryl methyl sites for hydroxylation is 1. The fourth-order valence-electron chi connectivity index (χ4n) is 2.68. The van der Waals surface area contributed by atoms with Crippen LogP contribution in [0.5, 0.6) is 5.75 Å². The van der Waals surface area contributed by atoms with E-state index in [1.165, 1.54) is 5.56 Å². The number of nitrogens with one attached hydrogen (secondary N) is 1. The van der Waals surface area contributed by atoms with Crippen LogP contribution in [-0.4, -0.2) is 18.4 Å². The molecule has 0 aromatic heterocycles. The molecule has 3 N–H and O–H groups in total. The van der Waals surface area contributed by atoms with Gasteiger partial charge in [-0.05, 0) is 47.7 Å². The van der Waals surface area contributed by atoms with Crippen LogP contribution in [0.1, 0.15) is 48.3 Å². The Kier molecular flexibility index (Phi) is 6.78. The smallest absolute Gasteiger partial charge is 0.255 e. The van der Waals surface area contributed by atoms with Crippen LogP contribution in [0.3, 0.4) is 0 Å². The second kappa shape index (κ2) is 9.04. The minimum atomic E-state index is -0.541. The van der Waals surface area contributed by atoms with Crippen LogP contribution in [0, 0.1) is 5.92 Å². The lowest BCUT2D eigenvalue weighted by molar-refractivity contribution is -0.119. The van der Waals surface area contributed by atoms with Crippen LogP contribution in [-0.2, 0) is 11.2 Å². The van der Waals surface area contributed by atoms with Gasteiger partial charge in [0.05, 0.1) is 6.04 Å². The summed E-state index contributed by atoms with van der Waals surface area (Å²) < 4.78 is 5.21. The molecule has 2 rings (SSSR count). The molecule has 5 nitrogen and oxygen atoms in total. The Morgan fingerprint density at radius 3 is 2.15 bits per heavy atom. The second-order valence-electron chi connectivity index (χ2n) is 6.57. The second-order valence-corrected chi connectivity index (χ2v) is 6.57. The van der Waals surface area contributed by atoms with Crippen LogP contribution in [0.25, 0.3) is 0 Å². The summed E-state index contributed by atoms with van der Waals surface area (Å²) in [5, 5.41) is 3.10. The molecule has 0 bridgehead atoms. The number of carbonyl (C=O) groups excluding carboxylic acids is 2. The average Bonchev–Trinajstić information content (AvgIpc) is 2.64. The Balaban J connectivity index is 2.08. The van der Waals surface area contributed by atoms with E-state index in [0.29, 0.717) is 11.3 Å². The van der Waals surface area contributed by atoms with Gasteiger partial charge in [-0.2, -0.15) is 0 Å². The van der Waals surface area contributed by atoms with E-state index in [1.54, 1.807) is 24.3 Å². The summed E-state index contributed by atoms with van der Waals surface area (Å²) in [6.07, 6.45) is 0.989. The molecule has 5 heteroatoms. The van der Waals surface area contributed by atoms with E-state index in [4.69, 9.17) is 10.5 Å². The third-order valence-electron chi connectivity index (χ3n) is 4.20. The monoisotopic (exact) mass is 354 g/mol. The Hall–Kier alpha value is -2.82. The lowest BCUT2D eigenvalue weighted by Crippen LogP contribution is -2.31. The number of ether oxygens (including phenoxy) is 1. The highest BCUT2D eigenvalue weighted by atomic mass is 16.5. The van der Waals surface area contributed by atoms with Gasteiger partial charge in [0.2, 0.25) is 0 Å². The van der Waals surface area contributed by atoms with Crippen LogP contribution in [0.4, 0.5) is 0 Å². The van der Waals surface area contributed by atoms with Crippen molar-refractivity contribution in [3.8, 4) is 5.75 Å². The van der Waals surface area contributed by atoms with Crippen molar-refractivity contribution in [3.63, 3.8) is 0 Å². The molecular formula is C21H26N2O3. The summed E-state index contributed by atoms with van der Waals surface area (Å²) in [7, 11) is 0. The number of benzene rings is 2. The van der Waals surface area contributed by atoms with E-state index in [9.17, 15) is 9.59 Å². The number of rotatable bonds is 8. The van der Waals surface area contributed by atoms with Crippen LogP contribution < -0.4 is 15.8 Å². The van der Waals surface area contributed by atoms with Crippen molar-refractivity contribution in [1.29, 1.82) is 0 Å². The summed E-state index contributed by atoms with van der Waals surface area (Å²) in [5.74, 6) is 0.0610. The molecule has 0 aliphatic carbocycles. The third kappa shape index (κ3) is 5.34. The van der Waals surface area contributed by atoms with Gasteiger partial charge in [0.25, 0.3) is 11.8 Å². The molecular weight excluding hydrogens is 328 g/mol. The van der Waals surface area contributed by atoms with Crippen molar-refractivity contribution in [1.82, 2.24) is 5.32 Å². The number of hydrogen-bond acceptors (Lipinski definition) is 3. The minimum Gasteiger partial charge on any atom is -0.484 e. The lowest BCUT2D eigenvalue weighted by Gasteiger charge is -2.23. The first-order chi connectivity index (χ1) is 12.4. The molecule has 2 aromatic rings. The highest BCUT2D eigenvalue weighted by molar-refractivity contribution is 5.94. The molecule has 0 radical (unpaired) electrons. The van der Waals surface area contributed by atoms with E-state index in [0.717, 1.165) is 12.0 Å². The number of primary amides is 1. The van der Waals surface area contributed by atoms with Gasteiger partial charge in [0.1, 0.15) is 5.75 Å². The van der Waals surface area contributed by atoms with Crippen molar-refractivity contribution in [2.24, 2.45) is 11.7 Å². The largest absolute Gasteiger partial charge is 0.484 e. The summed E-state index contributed by atoms with van der Waals surface area (Å²) >= 11 is 0. The van der Waals surface area contributed by atoms with Gasteiger partial charge >= 0.3 is 0 Å². The SMILES string of the molecule is CCc1ccc(C(NC(=O)c2ccc(OCC(N)=O)cc2)C(C)C)cc1. The van der Waals surface area contributed by atoms with Gasteiger partial charge in [-0.1, -0.05) is 45.0 Å². The van der Waals surface area contributed by atoms with E-state index < -0.39 is 5.91 Å². The molecule has 1 unspecified atom stereocenters. The lowest BCUT2D eigenvalue weighted by atomic mass is 9.94. The Labute approximate surface area is 154 Å². The predicted molar refractivity (Wildman–Crippen MR) is 102 cm³/mol. The normalized spacial score (nSPS) is 11.8. The summed E-state index contributed by atoms with van der Waals surface area (Å²) in [6.45, 7) is 6.10. The van der Waals surface area contributed by atoms with Gasteiger partial charge < -0.3 is 15.8 Å². The predicted octanol–water partition coefficient (Wildman–Crippen LogP) is 3.24. The molecule has 0 spiro atoms. The van der Waals surface area contributed by atoms with Gasteiger partial charge in [-0.25, -0.2) is 0 Å². The zero-order chi connectivity index (χ0) is 19.1. The van der Waals surface area contributed by atoms with Crippen molar-refractivity contribution in [2.75, 3.05) is 6.61 Å². The first-order valence-electron chi connectivity index (χ1n) is 8.81. The highest BCUT2D eigenvalue weighted by Gasteiger charge is 2.19. The summed E-state index contributed by atoms with van der Waals surface area (Å²) in [6, 6.07) is 14.9. The molecule has 0 heterocycles. The minimum absolute atomic E-state index is 0.0702. The molecule has 0 saturated heterocycles. The first kappa shape index (κ1) is 19.5. The highest BCUT2D eigenvalue weighted by Crippen LogP contribution is 2.23. The van der Waals surface area contributed by atoms with E-state index in [1.807, 2.05) is 0 Å². The maximum absolute atomic E-state index is 12.6. The Morgan fingerprint density at radius 2 is 1.65 bits per heavy atom. The van der Waals surface area contributed by atoms with Gasteiger partial charge in [0.15, 0.2) is 6.61 Å². The van der Waals surface area contributed by atoms with Crippen LogP contribution in [0.15, 0.2) is 48.5 Å². The molecule has 0 saturated carbocycles. The maximum atomic E-state index is 12.6. The summed E-state index contributed by atoms with van der Waals surface area (Å²) in [5.41, 5.74) is 7.94. The molecule has 2 aromatic carbocycles. The standard InChI is InChI=1S/C21H26N2O3/c1-4-15-5-7-16(8-6-15)20(14(2)3)23-21(25)17-9-11-18(12-10-17)26-13-19(22)24/h5-12,14,20H,4,13H2,1-3H3,(H2,22,24)(H,23,25). The van der Waals surface area contributed by atoms with Gasteiger partial charge in [-0.15, -0.1) is 0 Å². The van der Waals surface area contributed by atoms with Gasteiger partial charge in [-0.3, -0.25) is 9.59 Å². The van der Waals surface area contributed by atoms with E-state index >= 15 is 0 Å². The molecule has 1 atom stereocenters. The molecule has 2 amide bonds. The molecule has 26 heavy (non-hydrogen) atoms. The molecule has 138 valence electrons. The quantitative estimate of drug-likeness (QED) is 0.763. The van der Waals surface area contributed by atoms with E-state index in [-0.39, 0.29) is 24.5 Å². The Morgan fingerprint density at radius 1 is 1.04 bits per heavy atom. The Bertz CT molecular complexity index is 737. The fourth-order valence-corrected chi connectivity index (χ4v) is 2.68. The third-order valence-corrected chi connectivity index (χ3v) is 4.20. The summed E-state index contributed by atoms with van der Waals surface area (Å²) in [4.78, 5) is 23.3. The zero-order valence-corrected chi connectivity index (χ0v) is 15.5. The first-order valence-corrected chi connectivity index (χ1v) is 8.81. The maximum Gasteiger partial charge on any atom is 0.255 e. The topological polar surface area (TPSA) is 81.4 Å². The van der Waals surface area contributed by atoms with Crippen molar-refractivity contribution in [3.05, 3.63) is 65.2 Å². The van der Waals surface area contributed by atoms with Crippen molar-refractivity contribution >= 4 is 11.8 Å². The average molecular weight is 354 g/mol. The van der Waals surface area contributed by atoms with E-state index in [2.05, 4.69) is 50.4 Å². The molecule has 0 fully saturated rings. The van der Waals surface area contributed by atoms with Crippen LogP contribution in [0.2, 0.25) is 0 Å². The molecule has 0 aliphatic rings.